The maximum absolute atomic E-state index is 13.5. The number of thiophene rings is 1. The van der Waals surface area contributed by atoms with E-state index >= 15 is 0 Å². The second-order valence-corrected chi connectivity index (χ2v) is 5.32. The van der Waals surface area contributed by atoms with Crippen LogP contribution in [0.5, 0.6) is 11.5 Å². The molecule has 0 atom stereocenters. The van der Waals surface area contributed by atoms with Gasteiger partial charge in [0.25, 0.3) is 0 Å². The Kier molecular flexibility index (Phi) is 3.09. The molecule has 4 heteroatoms. The highest BCUT2D eigenvalue weighted by atomic mass is 32.1. The zero-order valence-corrected chi connectivity index (χ0v) is 10.8. The smallest absolute Gasteiger partial charge is 0.131 e. The van der Waals surface area contributed by atoms with Crippen LogP contribution in [0, 0.1) is 5.82 Å². The molecule has 1 aromatic heterocycles. The van der Waals surface area contributed by atoms with Crippen LogP contribution in [-0.2, 0) is 6.61 Å². The Balaban J connectivity index is 1.80. The third-order valence-electron chi connectivity index (χ3n) is 2.76. The van der Waals surface area contributed by atoms with Gasteiger partial charge in [-0.3, -0.25) is 0 Å². The highest BCUT2D eigenvalue weighted by Crippen LogP contribution is 2.28. The predicted molar refractivity (Wildman–Crippen MR) is 74.2 cm³/mol. The normalized spacial score (nSPS) is 10.8. The molecule has 0 aliphatic heterocycles. The van der Waals surface area contributed by atoms with Crippen molar-refractivity contribution >= 4 is 21.4 Å². The second-order valence-electron chi connectivity index (χ2n) is 4.15. The Labute approximate surface area is 113 Å². The first-order chi connectivity index (χ1) is 9.22. The molecule has 0 saturated carbocycles. The van der Waals surface area contributed by atoms with Crippen LogP contribution in [0.3, 0.4) is 0 Å². The molecule has 0 amide bonds. The van der Waals surface area contributed by atoms with Crippen LogP contribution in [0.2, 0.25) is 0 Å². The summed E-state index contributed by atoms with van der Waals surface area (Å²) in [6.45, 7) is 0.363. The van der Waals surface area contributed by atoms with Gasteiger partial charge in [0.2, 0.25) is 0 Å². The summed E-state index contributed by atoms with van der Waals surface area (Å²) in [7, 11) is 0. The molecule has 96 valence electrons. The third kappa shape index (κ3) is 2.53. The standard InChI is InChI=1S/C15H11FO2S/c16-14-5-2-6-15-13(14)8-12(19-15)9-18-11-4-1-3-10(17)7-11/h1-8,17H,9H2. The van der Waals surface area contributed by atoms with Crippen LogP contribution in [0.4, 0.5) is 4.39 Å². The van der Waals surface area contributed by atoms with E-state index in [0.29, 0.717) is 17.7 Å². The van der Waals surface area contributed by atoms with Crippen LogP contribution >= 0.6 is 11.3 Å². The van der Waals surface area contributed by atoms with Gasteiger partial charge in [0.15, 0.2) is 0 Å². The first-order valence-corrected chi connectivity index (χ1v) is 6.63. The van der Waals surface area contributed by atoms with Gasteiger partial charge in [0, 0.05) is 21.0 Å². The fourth-order valence-corrected chi connectivity index (χ4v) is 2.87. The molecule has 2 aromatic carbocycles. The summed E-state index contributed by atoms with van der Waals surface area (Å²) in [4.78, 5) is 0.948. The Hall–Kier alpha value is -2.07. The van der Waals surface area contributed by atoms with Gasteiger partial charge in [0.05, 0.1) is 0 Å². The zero-order chi connectivity index (χ0) is 13.2. The van der Waals surface area contributed by atoms with E-state index in [1.165, 1.54) is 17.4 Å². The number of phenols is 1. The zero-order valence-electron chi connectivity index (χ0n) is 9.97. The van der Waals surface area contributed by atoms with Crippen molar-refractivity contribution in [3.8, 4) is 11.5 Å². The topological polar surface area (TPSA) is 29.5 Å². The molecular weight excluding hydrogens is 263 g/mol. The summed E-state index contributed by atoms with van der Waals surface area (Å²) in [5.74, 6) is 0.551. The van der Waals surface area contributed by atoms with E-state index in [9.17, 15) is 9.50 Å². The average Bonchev–Trinajstić information content (AvgIpc) is 2.81. The van der Waals surface area contributed by atoms with Crippen molar-refractivity contribution in [3.63, 3.8) is 0 Å². The molecule has 3 aromatic rings. The fourth-order valence-electron chi connectivity index (χ4n) is 1.88. The van der Waals surface area contributed by atoms with Gasteiger partial charge in [0.1, 0.15) is 23.9 Å². The molecule has 0 aliphatic rings. The summed E-state index contributed by atoms with van der Waals surface area (Å²) in [5, 5.41) is 9.96. The molecule has 0 aliphatic carbocycles. The lowest BCUT2D eigenvalue weighted by Crippen LogP contribution is -1.92. The van der Waals surface area contributed by atoms with Crippen molar-refractivity contribution in [2.75, 3.05) is 0 Å². The molecule has 3 rings (SSSR count). The molecule has 0 saturated heterocycles. The molecular formula is C15H11FO2S. The average molecular weight is 274 g/mol. The van der Waals surface area contributed by atoms with Crippen LogP contribution < -0.4 is 4.74 Å². The van der Waals surface area contributed by atoms with Crippen LogP contribution in [0.25, 0.3) is 10.1 Å². The molecule has 2 nitrogen and oxygen atoms in total. The molecule has 1 heterocycles. The summed E-state index contributed by atoms with van der Waals surface area (Å²) >= 11 is 1.51. The number of hydrogen-bond acceptors (Lipinski definition) is 3. The van der Waals surface area contributed by atoms with Crippen molar-refractivity contribution in [1.29, 1.82) is 0 Å². The number of hydrogen-bond donors (Lipinski definition) is 1. The van der Waals surface area contributed by atoms with Gasteiger partial charge < -0.3 is 9.84 Å². The van der Waals surface area contributed by atoms with Gasteiger partial charge >= 0.3 is 0 Å². The third-order valence-corrected chi connectivity index (χ3v) is 3.83. The Bertz CT molecular complexity index is 721. The fraction of sp³-hybridized carbons (Fsp3) is 0.0667. The number of aromatic hydroxyl groups is 1. The minimum atomic E-state index is -0.211. The number of rotatable bonds is 3. The lowest BCUT2D eigenvalue weighted by atomic mass is 10.2. The molecule has 1 N–H and O–H groups in total. The monoisotopic (exact) mass is 274 g/mol. The Morgan fingerprint density at radius 2 is 1.95 bits per heavy atom. The van der Waals surface area contributed by atoms with Crippen LogP contribution in [-0.4, -0.2) is 5.11 Å². The van der Waals surface area contributed by atoms with E-state index in [1.807, 2.05) is 6.07 Å². The van der Waals surface area contributed by atoms with E-state index in [4.69, 9.17) is 4.74 Å². The second kappa shape index (κ2) is 4.90. The SMILES string of the molecule is Oc1cccc(OCc2cc3c(F)cccc3s2)c1. The van der Waals surface area contributed by atoms with Gasteiger partial charge in [-0.25, -0.2) is 4.39 Å². The number of halogens is 1. The van der Waals surface area contributed by atoms with Crippen molar-refractivity contribution in [1.82, 2.24) is 0 Å². The summed E-state index contributed by atoms with van der Waals surface area (Å²) < 4.78 is 20.0. The highest BCUT2D eigenvalue weighted by Gasteiger charge is 2.06. The van der Waals surface area contributed by atoms with E-state index < -0.39 is 0 Å². The molecule has 0 unspecified atom stereocenters. The molecule has 0 radical (unpaired) electrons. The van der Waals surface area contributed by atoms with E-state index in [2.05, 4.69) is 0 Å². The Morgan fingerprint density at radius 1 is 1.11 bits per heavy atom. The first-order valence-electron chi connectivity index (χ1n) is 5.81. The van der Waals surface area contributed by atoms with Crippen LogP contribution in [0.15, 0.2) is 48.5 Å². The van der Waals surface area contributed by atoms with Crippen molar-refractivity contribution in [2.24, 2.45) is 0 Å². The summed E-state index contributed by atoms with van der Waals surface area (Å²) in [5.41, 5.74) is 0. The Morgan fingerprint density at radius 3 is 2.74 bits per heavy atom. The number of benzene rings is 2. The lowest BCUT2D eigenvalue weighted by molar-refractivity contribution is 0.308. The van der Waals surface area contributed by atoms with E-state index in [-0.39, 0.29) is 11.6 Å². The molecule has 0 bridgehead atoms. The predicted octanol–water partition coefficient (Wildman–Crippen LogP) is 4.33. The van der Waals surface area contributed by atoms with Crippen molar-refractivity contribution in [3.05, 3.63) is 59.2 Å². The summed E-state index contributed by atoms with van der Waals surface area (Å²) in [6.07, 6.45) is 0. The quantitative estimate of drug-likeness (QED) is 0.770. The highest BCUT2D eigenvalue weighted by molar-refractivity contribution is 7.19. The number of phenolic OH excluding ortho intramolecular Hbond substituents is 1. The molecule has 0 fully saturated rings. The first kappa shape index (κ1) is 12.0. The number of fused-ring (bicyclic) bond motifs is 1. The maximum Gasteiger partial charge on any atom is 0.131 e. The largest absolute Gasteiger partial charge is 0.508 e. The van der Waals surface area contributed by atoms with E-state index in [1.54, 1.807) is 36.4 Å². The lowest BCUT2D eigenvalue weighted by Gasteiger charge is -2.04. The number of ether oxygens (including phenoxy) is 1. The van der Waals surface area contributed by atoms with Crippen molar-refractivity contribution in [2.45, 2.75) is 6.61 Å². The van der Waals surface area contributed by atoms with Crippen molar-refractivity contribution < 1.29 is 14.2 Å². The maximum atomic E-state index is 13.5. The van der Waals surface area contributed by atoms with Gasteiger partial charge in [-0.15, -0.1) is 11.3 Å². The molecule has 19 heavy (non-hydrogen) atoms. The van der Waals surface area contributed by atoms with Gasteiger partial charge in [-0.1, -0.05) is 12.1 Å². The molecule has 0 spiro atoms. The minimum absolute atomic E-state index is 0.167. The minimum Gasteiger partial charge on any atom is -0.508 e. The van der Waals surface area contributed by atoms with Crippen LogP contribution in [0.1, 0.15) is 4.88 Å². The van der Waals surface area contributed by atoms with Gasteiger partial charge in [-0.2, -0.15) is 0 Å². The van der Waals surface area contributed by atoms with Gasteiger partial charge in [-0.05, 0) is 30.3 Å². The summed E-state index contributed by atoms with van der Waals surface area (Å²) in [6, 6.07) is 13.5. The van der Waals surface area contributed by atoms with E-state index in [0.717, 1.165) is 9.58 Å².